The van der Waals surface area contributed by atoms with Gasteiger partial charge in [-0.2, -0.15) is 9.61 Å². The van der Waals surface area contributed by atoms with Crippen LogP contribution in [0.15, 0.2) is 53.6 Å². The molecule has 1 N–H and O–H groups in total. The van der Waals surface area contributed by atoms with Gasteiger partial charge in [-0.05, 0) is 38.1 Å². The highest BCUT2D eigenvalue weighted by molar-refractivity contribution is 5.91. The van der Waals surface area contributed by atoms with E-state index in [1.165, 1.54) is 17.0 Å². The molecule has 4 aromatic rings. The summed E-state index contributed by atoms with van der Waals surface area (Å²) in [5.41, 5.74) is 3.19. The summed E-state index contributed by atoms with van der Waals surface area (Å²) in [4.78, 5) is 28.3. The van der Waals surface area contributed by atoms with Gasteiger partial charge in [-0.1, -0.05) is 12.1 Å². The molecule has 3 heterocycles. The van der Waals surface area contributed by atoms with E-state index in [4.69, 9.17) is 0 Å². The molecule has 0 unspecified atom stereocenters. The summed E-state index contributed by atoms with van der Waals surface area (Å²) < 4.78 is 2.92. The van der Waals surface area contributed by atoms with Crippen LogP contribution >= 0.6 is 0 Å². The Hall–Kier alpha value is -3.88. The second kappa shape index (κ2) is 7.03. The second-order valence-electron chi connectivity index (χ2n) is 6.36. The van der Waals surface area contributed by atoms with Crippen LogP contribution in [0, 0.1) is 13.8 Å². The molecule has 3 aromatic heterocycles. The summed E-state index contributed by atoms with van der Waals surface area (Å²) in [6.07, 6.45) is 1.37. The zero-order valence-electron chi connectivity index (χ0n) is 15.3. The molecular formula is C19H17N7O2. The number of carbonyl (C=O) groups excluding carboxylic acids is 1. The van der Waals surface area contributed by atoms with E-state index in [2.05, 4.69) is 25.6 Å². The molecule has 9 heteroatoms. The number of anilines is 1. The SMILES string of the molecule is Cc1cc(=O)n(CC(=O)Nc2cccc(-c3ccc4nnc(C)n4n3)c2)cn1. The van der Waals surface area contributed by atoms with Crippen LogP contribution in [0.25, 0.3) is 16.9 Å². The Morgan fingerprint density at radius 1 is 1.11 bits per heavy atom. The third-order valence-corrected chi connectivity index (χ3v) is 4.19. The lowest BCUT2D eigenvalue weighted by Crippen LogP contribution is -2.27. The van der Waals surface area contributed by atoms with Crippen molar-refractivity contribution in [3.63, 3.8) is 0 Å². The van der Waals surface area contributed by atoms with E-state index in [-0.39, 0.29) is 18.0 Å². The number of carbonyl (C=O) groups is 1. The number of aromatic nitrogens is 6. The third kappa shape index (κ3) is 3.50. The van der Waals surface area contributed by atoms with Crippen LogP contribution in [0.5, 0.6) is 0 Å². The van der Waals surface area contributed by atoms with E-state index in [1.807, 2.05) is 37.3 Å². The minimum absolute atomic E-state index is 0.111. The van der Waals surface area contributed by atoms with Gasteiger partial charge in [-0.3, -0.25) is 14.2 Å². The summed E-state index contributed by atoms with van der Waals surface area (Å²) in [5.74, 6) is 0.376. The normalized spacial score (nSPS) is 10.9. The van der Waals surface area contributed by atoms with Gasteiger partial charge in [0.1, 0.15) is 6.54 Å². The van der Waals surface area contributed by atoms with Gasteiger partial charge in [0.05, 0.1) is 12.0 Å². The number of hydrogen-bond donors (Lipinski definition) is 1. The molecule has 0 aliphatic rings. The number of amides is 1. The monoisotopic (exact) mass is 375 g/mol. The van der Waals surface area contributed by atoms with Crippen molar-refractivity contribution in [2.45, 2.75) is 20.4 Å². The van der Waals surface area contributed by atoms with Crippen molar-refractivity contribution < 1.29 is 4.79 Å². The lowest BCUT2D eigenvalue weighted by Gasteiger charge is -2.09. The standard InChI is InChI=1S/C19H17N7O2/c1-12-8-19(28)25(11-20-12)10-18(27)21-15-5-3-4-14(9-15)16-6-7-17-23-22-13(2)26(17)24-16/h3-9,11H,10H2,1-2H3,(H,21,27). The highest BCUT2D eigenvalue weighted by Crippen LogP contribution is 2.21. The maximum absolute atomic E-state index is 12.3. The number of nitrogens with zero attached hydrogens (tertiary/aromatic N) is 6. The highest BCUT2D eigenvalue weighted by Gasteiger charge is 2.09. The van der Waals surface area contributed by atoms with Gasteiger partial charge in [-0.15, -0.1) is 10.2 Å². The van der Waals surface area contributed by atoms with Gasteiger partial charge in [-0.25, -0.2) is 4.98 Å². The van der Waals surface area contributed by atoms with Crippen LogP contribution < -0.4 is 10.9 Å². The van der Waals surface area contributed by atoms with Crippen molar-refractivity contribution in [2.75, 3.05) is 5.32 Å². The first-order valence-corrected chi connectivity index (χ1v) is 8.62. The number of benzene rings is 1. The maximum atomic E-state index is 12.3. The molecule has 1 aromatic carbocycles. The minimum Gasteiger partial charge on any atom is -0.325 e. The molecule has 9 nitrogen and oxygen atoms in total. The van der Waals surface area contributed by atoms with Crippen LogP contribution in [0.3, 0.4) is 0 Å². The smallest absolute Gasteiger partial charge is 0.253 e. The first-order valence-electron chi connectivity index (χ1n) is 8.62. The van der Waals surface area contributed by atoms with Crippen molar-refractivity contribution >= 4 is 17.2 Å². The lowest BCUT2D eigenvalue weighted by atomic mass is 10.1. The van der Waals surface area contributed by atoms with Gasteiger partial charge in [0.25, 0.3) is 5.56 Å². The Morgan fingerprint density at radius 2 is 1.96 bits per heavy atom. The molecule has 0 saturated carbocycles. The van der Waals surface area contributed by atoms with Crippen LogP contribution in [0.2, 0.25) is 0 Å². The fourth-order valence-electron chi connectivity index (χ4n) is 2.80. The van der Waals surface area contributed by atoms with Crippen molar-refractivity contribution in [1.29, 1.82) is 0 Å². The molecule has 0 atom stereocenters. The van der Waals surface area contributed by atoms with Crippen LogP contribution in [0.1, 0.15) is 11.5 Å². The Balaban J connectivity index is 1.55. The average Bonchev–Trinajstić information content (AvgIpc) is 3.05. The Labute approximate surface area is 159 Å². The van der Waals surface area contributed by atoms with Crippen LogP contribution in [-0.4, -0.2) is 35.3 Å². The van der Waals surface area contributed by atoms with Crippen LogP contribution in [-0.2, 0) is 11.3 Å². The van der Waals surface area contributed by atoms with Gasteiger partial charge >= 0.3 is 0 Å². The quantitative estimate of drug-likeness (QED) is 0.581. The third-order valence-electron chi connectivity index (χ3n) is 4.19. The van der Waals surface area contributed by atoms with Gasteiger partial charge in [0.15, 0.2) is 11.5 Å². The van der Waals surface area contributed by atoms with E-state index in [0.29, 0.717) is 22.9 Å². The lowest BCUT2D eigenvalue weighted by molar-refractivity contribution is -0.116. The Kier molecular flexibility index (Phi) is 4.40. The van der Waals surface area contributed by atoms with Gasteiger partial charge in [0.2, 0.25) is 5.91 Å². The van der Waals surface area contributed by atoms with Gasteiger partial charge < -0.3 is 5.32 Å². The molecule has 1 amide bonds. The molecule has 4 rings (SSSR count). The van der Waals surface area contributed by atoms with Crippen molar-refractivity contribution in [1.82, 2.24) is 29.4 Å². The molecule has 28 heavy (non-hydrogen) atoms. The van der Waals surface area contributed by atoms with E-state index in [1.54, 1.807) is 17.5 Å². The molecule has 0 radical (unpaired) electrons. The minimum atomic E-state index is -0.317. The zero-order valence-corrected chi connectivity index (χ0v) is 15.3. The molecule has 0 spiro atoms. The molecule has 0 bridgehead atoms. The largest absolute Gasteiger partial charge is 0.325 e. The molecular weight excluding hydrogens is 358 g/mol. The predicted octanol–water partition coefficient (Wildman–Crippen LogP) is 1.60. The summed E-state index contributed by atoms with van der Waals surface area (Å²) >= 11 is 0. The number of rotatable bonds is 4. The Morgan fingerprint density at radius 3 is 2.79 bits per heavy atom. The Bertz CT molecular complexity index is 1240. The van der Waals surface area contributed by atoms with Gasteiger partial charge in [0, 0.05) is 23.0 Å². The number of fused-ring (bicyclic) bond motifs is 1. The first-order chi connectivity index (χ1) is 13.5. The van der Waals surface area contributed by atoms with Crippen molar-refractivity contribution in [2.24, 2.45) is 0 Å². The summed E-state index contributed by atoms with van der Waals surface area (Å²) in [6, 6.07) is 12.4. The van der Waals surface area contributed by atoms with Crippen molar-refractivity contribution in [3.8, 4) is 11.3 Å². The van der Waals surface area contributed by atoms with Crippen molar-refractivity contribution in [3.05, 3.63) is 70.7 Å². The fraction of sp³-hybridized carbons (Fsp3) is 0.158. The van der Waals surface area contributed by atoms with E-state index in [9.17, 15) is 9.59 Å². The summed E-state index contributed by atoms with van der Waals surface area (Å²) in [5, 5.41) is 15.4. The predicted molar refractivity (Wildman–Crippen MR) is 103 cm³/mol. The maximum Gasteiger partial charge on any atom is 0.253 e. The average molecular weight is 375 g/mol. The first kappa shape index (κ1) is 17.5. The number of hydrogen-bond acceptors (Lipinski definition) is 6. The summed E-state index contributed by atoms with van der Waals surface area (Å²) in [6.45, 7) is 3.44. The highest BCUT2D eigenvalue weighted by atomic mass is 16.2. The molecule has 0 aliphatic heterocycles. The number of aryl methyl sites for hydroxylation is 2. The molecule has 0 fully saturated rings. The van der Waals surface area contributed by atoms with E-state index >= 15 is 0 Å². The topological polar surface area (TPSA) is 107 Å². The molecule has 140 valence electrons. The fourth-order valence-corrected chi connectivity index (χ4v) is 2.80. The molecule has 0 aliphatic carbocycles. The summed E-state index contributed by atoms with van der Waals surface area (Å²) in [7, 11) is 0. The number of nitrogens with one attached hydrogen (secondary N) is 1. The van der Waals surface area contributed by atoms with Crippen LogP contribution in [0.4, 0.5) is 5.69 Å². The second-order valence-corrected chi connectivity index (χ2v) is 6.36. The van der Waals surface area contributed by atoms with E-state index < -0.39 is 0 Å². The molecule has 0 saturated heterocycles. The zero-order chi connectivity index (χ0) is 19.7. The van der Waals surface area contributed by atoms with E-state index in [0.717, 1.165) is 11.3 Å².